The fourth-order valence-electron chi connectivity index (χ4n) is 8.19. The molecule has 0 spiro atoms. The van der Waals surface area contributed by atoms with Crippen LogP contribution >= 0.6 is 0 Å². The first-order chi connectivity index (χ1) is 29.9. The zero-order chi connectivity index (χ0) is 45.2. The highest BCUT2D eigenvalue weighted by atomic mass is 28.5. The van der Waals surface area contributed by atoms with Gasteiger partial charge in [0.1, 0.15) is 0 Å². The van der Waals surface area contributed by atoms with Crippen molar-refractivity contribution >= 4 is 90.3 Å². The van der Waals surface area contributed by atoms with E-state index in [1.165, 1.54) is 0 Å². The molecule has 1 heterocycles. The minimum absolute atomic E-state index is 0.732. The molecule has 0 amide bonds. The zero-order valence-electron chi connectivity index (χ0n) is 39.1. The highest BCUT2D eigenvalue weighted by Gasteiger charge is 2.55. The second-order valence-corrected chi connectivity index (χ2v) is 45.7. The molecule has 0 N–H and O–H groups in total. The van der Waals surface area contributed by atoms with Crippen LogP contribution in [0.25, 0.3) is 0 Å². The Labute approximate surface area is 386 Å². The third kappa shape index (κ3) is 12.9. The lowest BCUT2D eigenvalue weighted by Crippen LogP contribution is -2.73. The van der Waals surface area contributed by atoms with Crippen LogP contribution in [0, 0.1) is 0 Å². The summed E-state index contributed by atoms with van der Waals surface area (Å²) in [4.78, 5) is 0. The van der Waals surface area contributed by atoms with Gasteiger partial charge in [0, 0.05) is 6.61 Å². The van der Waals surface area contributed by atoms with E-state index in [9.17, 15) is 0 Å². The van der Waals surface area contributed by atoms with Crippen LogP contribution in [0.5, 0.6) is 0 Å². The monoisotopic (exact) mass is 960 g/mol. The van der Waals surface area contributed by atoms with Crippen LogP contribution in [-0.2, 0) is 25.0 Å². The summed E-state index contributed by atoms with van der Waals surface area (Å²) in [5.41, 5.74) is 0. The molecule has 1 aliphatic heterocycles. The molecule has 0 radical (unpaired) electrons. The van der Waals surface area contributed by atoms with Crippen LogP contribution in [0.15, 0.2) is 182 Å². The fraction of sp³-hybridized carbons (Fsp3) is 0.280. The summed E-state index contributed by atoms with van der Waals surface area (Å²) in [6.45, 7) is 23.2. The summed E-state index contributed by atoms with van der Waals surface area (Å²) < 4.78 is 42.9. The molecule has 1 aliphatic rings. The van der Waals surface area contributed by atoms with Crippen LogP contribution in [-0.4, -0.2) is 65.8 Å². The van der Waals surface area contributed by atoms with Crippen molar-refractivity contribution in [3.05, 3.63) is 182 Å². The molecule has 0 bridgehead atoms. The van der Waals surface area contributed by atoms with Crippen molar-refractivity contribution in [3.8, 4) is 0 Å². The normalized spacial score (nSPS) is 19.1. The van der Waals surface area contributed by atoms with E-state index in [1.54, 1.807) is 0 Å². The van der Waals surface area contributed by atoms with Gasteiger partial charge in [-0.1, -0.05) is 188 Å². The highest BCUT2D eigenvalue weighted by Crippen LogP contribution is 2.28. The Morgan fingerprint density at radius 2 is 0.794 bits per heavy atom. The maximum atomic E-state index is 7.44. The molecule has 1 saturated heterocycles. The fourth-order valence-corrected chi connectivity index (χ4v) is 37.9. The Morgan fingerprint density at radius 3 is 1.21 bits per heavy atom. The van der Waals surface area contributed by atoms with Crippen LogP contribution in [0.2, 0.25) is 71.5 Å². The molecule has 332 valence electrons. The van der Waals surface area contributed by atoms with E-state index < -0.39 is 59.2 Å². The van der Waals surface area contributed by atoms with Crippen molar-refractivity contribution in [2.75, 3.05) is 6.61 Å². The highest BCUT2D eigenvalue weighted by molar-refractivity contribution is 7.05. The maximum Gasteiger partial charge on any atom is 0.388 e. The second-order valence-electron chi connectivity index (χ2n) is 19.1. The molecule has 7 rings (SSSR count). The summed E-state index contributed by atoms with van der Waals surface area (Å²) in [5.74, 6) is 0. The van der Waals surface area contributed by atoms with Gasteiger partial charge in [0.25, 0.3) is 0 Å². The van der Waals surface area contributed by atoms with Crippen molar-refractivity contribution in [2.45, 2.75) is 84.4 Å². The van der Waals surface area contributed by atoms with Gasteiger partial charge in [-0.05, 0) is 109 Å². The van der Waals surface area contributed by atoms with Gasteiger partial charge in [-0.3, -0.25) is 0 Å². The largest absolute Gasteiger partial charge is 0.433 e. The van der Waals surface area contributed by atoms with Crippen LogP contribution in [0.3, 0.4) is 0 Å². The van der Waals surface area contributed by atoms with E-state index in [0.29, 0.717) is 0 Å². The van der Waals surface area contributed by atoms with Gasteiger partial charge in [-0.2, -0.15) is 0 Å². The first kappa shape index (κ1) is 49.0. The van der Waals surface area contributed by atoms with E-state index in [-0.39, 0.29) is 0 Å². The molecule has 0 saturated carbocycles. The van der Waals surface area contributed by atoms with Crippen molar-refractivity contribution in [2.24, 2.45) is 0 Å². The van der Waals surface area contributed by atoms with Gasteiger partial charge in [0.15, 0.2) is 25.0 Å². The molecule has 13 heteroatoms. The zero-order valence-corrected chi connectivity index (χ0v) is 46.1. The topological polar surface area (TPSA) is 55.4 Å². The Bertz CT molecular complexity index is 2200. The smallest absolute Gasteiger partial charge is 0.388 e. The first-order valence-electron chi connectivity index (χ1n) is 22.4. The average Bonchev–Trinajstić information content (AvgIpc) is 3.26. The number of rotatable bonds is 12. The Kier molecular flexibility index (Phi) is 16.2. The van der Waals surface area contributed by atoms with Crippen molar-refractivity contribution < 1.29 is 25.0 Å². The molecule has 2 atom stereocenters. The van der Waals surface area contributed by atoms with Crippen LogP contribution in [0.1, 0.15) is 12.8 Å². The Balaban J connectivity index is 0.000000210. The van der Waals surface area contributed by atoms with Gasteiger partial charge in [-0.15, -0.1) is 0 Å². The first-order valence-corrected chi connectivity index (χ1v) is 40.5. The minimum Gasteiger partial charge on any atom is -0.433 e. The van der Waals surface area contributed by atoms with E-state index in [2.05, 4.69) is 235 Å². The van der Waals surface area contributed by atoms with Crippen molar-refractivity contribution in [1.82, 2.24) is 0 Å². The molecule has 0 aromatic heterocycles. The lowest BCUT2D eigenvalue weighted by molar-refractivity contribution is 0.231. The van der Waals surface area contributed by atoms with Gasteiger partial charge >= 0.3 is 34.2 Å². The van der Waals surface area contributed by atoms with Gasteiger partial charge < -0.3 is 25.0 Å². The lowest BCUT2D eigenvalue weighted by Gasteiger charge is -2.44. The Hall–Kier alpha value is -3.40. The lowest BCUT2D eigenvalue weighted by atomic mass is 10.4. The molecular formula is C50H68O6Si7. The predicted octanol–water partition coefficient (Wildman–Crippen LogP) is 9.21. The summed E-state index contributed by atoms with van der Waals surface area (Å²) >= 11 is 0. The van der Waals surface area contributed by atoms with E-state index >= 15 is 0 Å². The molecule has 6 aromatic carbocycles. The standard InChI is InChI=1S/C25H36O3Si4.C25H32O3Si3/c1-29(2,3)26-31(7,23-17-11-8-12-18-23)28-32(27-30(4,5)6,24-19-13-9-14-20-24)25-21-15-10-16-22-25;1-29(2)22-14-13-21-26-30(3,23-15-7-4-8-16-23)28-31(27-29,24-17-9-5-10-18-24)25-19-11-6-12-20-25/h8-22H,1-7H3;4-12,15-20H,13-14,21-22H2,1-3H3. The summed E-state index contributed by atoms with van der Waals surface area (Å²) in [5, 5.41) is 6.86. The molecule has 6 aromatic rings. The molecule has 1 fully saturated rings. The van der Waals surface area contributed by atoms with Gasteiger partial charge in [0.05, 0.1) is 0 Å². The number of hydrogen-bond donors (Lipinski definition) is 0. The van der Waals surface area contributed by atoms with Crippen molar-refractivity contribution in [3.63, 3.8) is 0 Å². The van der Waals surface area contributed by atoms with Gasteiger partial charge in [-0.25, -0.2) is 0 Å². The molecule has 2 unspecified atom stereocenters. The third-order valence-corrected chi connectivity index (χ3v) is 36.6. The van der Waals surface area contributed by atoms with E-state index in [0.717, 1.165) is 56.6 Å². The van der Waals surface area contributed by atoms with E-state index in [1.807, 2.05) is 12.1 Å². The predicted molar refractivity (Wildman–Crippen MR) is 281 cm³/mol. The van der Waals surface area contributed by atoms with Crippen LogP contribution < -0.4 is 31.1 Å². The summed E-state index contributed by atoms with van der Waals surface area (Å²) in [7, 11) is -17.6. The maximum absolute atomic E-state index is 7.44. The minimum atomic E-state index is -3.08. The van der Waals surface area contributed by atoms with Gasteiger partial charge in [0.2, 0.25) is 0 Å². The number of benzene rings is 6. The summed E-state index contributed by atoms with van der Waals surface area (Å²) in [6, 6.07) is 64.4. The molecule has 0 aliphatic carbocycles. The molecule has 63 heavy (non-hydrogen) atoms. The number of hydrogen-bond acceptors (Lipinski definition) is 6. The van der Waals surface area contributed by atoms with Crippen molar-refractivity contribution in [1.29, 1.82) is 0 Å². The van der Waals surface area contributed by atoms with E-state index in [4.69, 9.17) is 25.0 Å². The average molecular weight is 962 g/mol. The quantitative estimate of drug-likeness (QED) is 0.114. The SMILES string of the molecule is C[Si](C)(C)O[Si](C)(O[Si](O[Si](C)(C)C)(c1ccccc1)c1ccccc1)c1ccccc1.C[Si]1(C)CCCCO[Si](C)(c2ccccc2)O[Si](c2ccccc2)(c2ccccc2)O1. The molecular weight excluding hydrogens is 893 g/mol. The second kappa shape index (κ2) is 20.8. The molecule has 6 nitrogen and oxygen atoms in total. The summed E-state index contributed by atoms with van der Waals surface area (Å²) in [6.07, 6.45) is 2.18. The third-order valence-electron chi connectivity index (χ3n) is 10.8. The Morgan fingerprint density at radius 1 is 0.413 bits per heavy atom. The van der Waals surface area contributed by atoms with Crippen LogP contribution in [0.4, 0.5) is 0 Å².